The summed E-state index contributed by atoms with van der Waals surface area (Å²) in [6.45, 7) is 12.9. The molecule has 22 heavy (non-hydrogen) atoms. The van der Waals surface area contributed by atoms with E-state index in [0.29, 0.717) is 0 Å². The summed E-state index contributed by atoms with van der Waals surface area (Å²) in [6, 6.07) is 0. The number of hydrogen-bond donors (Lipinski definition) is 2. The third kappa shape index (κ3) is 5.43. The van der Waals surface area contributed by atoms with Crippen LogP contribution < -0.4 is 5.73 Å². The molecular formula is C16H31NO5. The fraction of sp³-hybridized carbons (Fsp3) is 0.875. The third-order valence-electron chi connectivity index (χ3n) is 4.12. The molecule has 0 saturated heterocycles. The average Bonchev–Trinajstić information content (AvgIpc) is 2.32. The zero-order valence-corrected chi connectivity index (χ0v) is 15.0. The molecule has 6 nitrogen and oxygen atoms in total. The molecule has 0 aromatic carbocycles. The van der Waals surface area contributed by atoms with E-state index in [2.05, 4.69) is 0 Å². The van der Waals surface area contributed by atoms with Crippen molar-refractivity contribution in [1.29, 1.82) is 0 Å². The minimum Gasteiger partial charge on any atom is -0.383 e. The minimum absolute atomic E-state index is 0.120. The van der Waals surface area contributed by atoms with Crippen molar-refractivity contribution in [2.45, 2.75) is 78.9 Å². The fourth-order valence-electron chi connectivity index (χ4n) is 1.86. The van der Waals surface area contributed by atoms with Gasteiger partial charge in [0.1, 0.15) is 24.5 Å². The number of rotatable bonds is 9. The van der Waals surface area contributed by atoms with Crippen LogP contribution in [0.4, 0.5) is 0 Å². The summed E-state index contributed by atoms with van der Waals surface area (Å²) in [6.07, 6.45) is -1.36. The van der Waals surface area contributed by atoms with Crippen LogP contribution in [0.3, 0.4) is 0 Å². The Morgan fingerprint density at radius 1 is 1.09 bits per heavy atom. The number of carbonyl (C=O) groups is 2. The van der Waals surface area contributed by atoms with Gasteiger partial charge in [0.2, 0.25) is 0 Å². The van der Waals surface area contributed by atoms with E-state index in [-0.39, 0.29) is 12.4 Å². The number of carbonyl (C=O) groups excluding carboxylic acids is 2. The molecule has 0 aromatic heterocycles. The molecule has 0 aliphatic rings. The van der Waals surface area contributed by atoms with Gasteiger partial charge in [-0.1, -0.05) is 13.8 Å². The average molecular weight is 317 g/mol. The van der Waals surface area contributed by atoms with Crippen molar-refractivity contribution in [3.63, 3.8) is 0 Å². The van der Waals surface area contributed by atoms with Crippen LogP contribution in [0.15, 0.2) is 0 Å². The van der Waals surface area contributed by atoms with Crippen molar-refractivity contribution < 1.29 is 24.2 Å². The maximum absolute atomic E-state index is 12.4. The summed E-state index contributed by atoms with van der Waals surface area (Å²) in [4.78, 5) is 24.4. The van der Waals surface area contributed by atoms with Crippen LogP contribution in [0.2, 0.25) is 0 Å². The molecule has 130 valence electrons. The van der Waals surface area contributed by atoms with E-state index in [1.165, 1.54) is 13.8 Å². The normalized spacial score (nSPS) is 16.3. The van der Waals surface area contributed by atoms with Crippen molar-refractivity contribution in [2.75, 3.05) is 6.61 Å². The number of ketones is 2. The van der Waals surface area contributed by atoms with Gasteiger partial charge in [0, 0.05) is 0 Å². The zero-order chi connectivity index (χ0) is 17.9. The lowest BCUT2D eigenvalue weighted by Gasteiger charge is -2.42. The second kappa shape index (κ2) is 7.17. The molecule has 0 aliphatic carbocycles. The highest BCUT2D eigenvalue weighted by Gasteiger charge is 2.46. The Morgan fingerprint density at radius 2 is 1.55 bits per heavy atom. The van der Waals surface area contributed by atoms with E-state index in [0.717, 1.165) is 0 Å². The first kappa shape index (κ1) is 21.2. The van der Waals surface area contributed by atoms with Gasteiger partial charge in [-0.2, -0.15) is 0 Å². The van der Waals surface area contributed by atoms with E-state index in [1.54, 1.807) is 41.5 Å². The van der Waals surface area contributed by atoms with E-state index < -0.39 is 34.7 Å². The molecule has 0 aromatic rings. The molecule has 6 heteroatoms. The number of hydrogen-bond acceptors (Lipinski definition) is 6. The van der Waals surface area contributed by atoms with Gasteiger partial charge < -0.3 is 20.3 Å². The molecule has 0 aliphatic heterocycles. The second-order valence-corrected chi connectivity index (χ2v) is 7.26. The maximum Gasteiger partial charge on any atom is 0.192 e. The summed E-state index contributed by atoms with van der Waals surface area (Å²) < 4.78 is 11.0. The van der Waals surface area contributed by atoms with Crippen LogP contribution in [0, 0.1) is 5.41 Å². The smallest absolute Gasteiger partial charge is 0.192 e. The Labute approximate surface area is 133 Å². The second-order valence-electron chi connectivity index (χ2n) is 7.26. The van der Waals surface area contributed by atoms with Gasteiger partial charge in [-0.3, -0.25) is 9.59 Å². The van der Waals surface area contributed by atoms with E-state index >= 15 is 0 Å². The van der Waals surface area contributed by atoms with Crippen LogP contribution >= 0.6 is 0 Å². The first-order chi connectivity index (χ1) is 9.63. The Morgan fingerprint density at radius 3 is 1.91 bits per heavy atom. The van der Waals surface area contributed by atoms with Crippen LogP contribution in [0.5, 0.6) is 0 Å². The highest BCUT2D eigenvalue weighted by molar-refractivity contribution is 5.90. The van der Waals surface area contributed by atoms with Crippen LogP contribution in [0.1, 0.15) is 55.4 Å². The molecule has 3 N–H and O–H groups in total. The number of nitrogens with two attached hydrogens (primary N) is 1. The van der Waals surface area contributed by atoms with Crippen molar-refractivity contribution in [3.8, 4) is 0 Å². The molecule has 0 saturated carbocycles. The molecule has 0 radical (unpaired) electrons. The molecule has 0 rings (SSSR count). The van der Waals surface area contributed by atoms with Crippen molar-refractivity contribution in [1.82, 2.24) is 0 Å². The Kier molecular flexibility index (Phi) is 6.90. The summed E-state index contributed by atoms with van der Waals surface area (Å²) in [7, 11) is 0. The highest BCUT2D eigenvalue weighted by atomic mass is 16.5. The van der Waals surface area contributed by atoms with Crippen LogP contribution in [-0.4, -0.2) is 46.8 Å². The Bertz CT molecular complexity index is 407. The molecule has 0 fully saturated rings. The van der Waals surface area contributed by atoms with E-state index in [9.17, 15) is 14.7 Å². The topological polar surface area (TPSA) is 98.9 Å². The summed E-state index contributed by atoms with van der Waals surface area (Å²) >= 11 is 0. The van der Waals surface area contributed by atoms with E-state index in [1.807, 2.05) is 0 Å². The van der Waals surface area contributed by atoms with Gasteiger partial charge in [0.15, 0.2) is 11.6 Å². The van der Waals surface area contributed by atoms with Gasteiger partial charge in [0.25, 0.3) is 0 Å². The zero-order valence-electron chi connectivity index (χ0n) is 15.0. The van der Waals surface area contributed by atoms with Gasteiger partial charge in [-0.25, -0.2) is 0 Å². The lowest BCUT2D eigenvalue weighted by molar-refractivity contribution is -0.176. The van der Waals surface area contributed by atoms with Crippen molar-refractivity contribution in [2.24, 2.45) is 11.1 Å². The number of aliphatic hydroxyl groups is 1. The predicted octanol–water partition coefficient (Wildman–Crippen LogP) is 1.43. The molecule has 2 unspecified atom stereocenters. The first-order valence-electron chi connectivity index (χ1n) is 7.48. The summed E-state index contributed by atoms with van der Waals surface area (Å²) in [5, 5.41) is 9.78. The lowest BCUT2D eigenvalue weighted by Crippen LogP contribution is -2.52. The van der Waals surface area contributed by atoms with Gasteiger partial charge in [-0.15, -0.1) is 0 Å². The molecule has 0 spiro atoms. The SMILES string of the molecule is CC(N)OCC(=O)C(C)(C)C(C)(C)OC(C)C(=O)C(C)(C)O. The number of ether oxygens (including phenoxy) is 2. The molecule has 0 amide bonds. The van der Waals surface area contributed by atoms with Crippen molar-refractivity contribution in [3.05, 3.63) is 0 Å². The lowest BCUT2D eigenvalue weighted by atomic mass is 9.73. The highest BCUT2D eigenvalue weighted by Crippen LogP contribution is 2.36. The third-order valence-corrected chi connectivity index (χ3v) is 4.12. The van der Waals surface area contributed by atoms with Gasteiger partial charge in [-0.05, 0) is 41.5 Å². The van der Waals surface area contributed by atoms with Crippen LogP contribution in [0.25, 0.3) is 0 Å². The minimum atomic E-state index is -1.48. The molecule has 0 bridgehead atoms. The first-order valence-corrected chi connectivity index (χ1v) is 7.48. The largest absolute Gasteiger partial charge is 0.383 e. The summed E-state index contributed by atoms with van der Waals surface area (Å²) in [5.41, 5.74) is 2.18. The van der Waals surface area contributed by atoms with E-state index in [4.69, 9.17) is 15.2 Å². The monoisotopic (exact) mass is 317 g/mol. The Hall–Kier alpha value is -0.820. The standard InChI is InChI=1S/C16H31NO5/c1-10(13(19)15(5,6)20)22-16(7,8)14(3,4)12(18)9-21-11(2)17/h10-11,20H,9,17H2,1-8H3. The Balaban J connectivity index is 5.04. The van der Waals surface area contributed by atoms with Gasteiger partial charge >= 0.3 is 0 Å². The summed E-state index contributed by atoms with van der Waals surface area (Å²) in [5.74, 6) is -0.603. The fourth-order valence-corrected chi connectivity index (χ4v) is 1.86. The maximum atomic E-state index is 12.4. The molecular weight excluding hydrogens is 286 g/mol. The predicted molar refractivity (Wildman–Crippen MR) is 84.3 cm³/mol. The van der Waals surface area contributed by atoms with Gasteiger partial charge in [0.05, 0.1) is 11.0 Å². The molecule has 0 heterocycles. The number of Topliss-reactive ketones (excluding diaryl/α,β-unsaturated/α-hetero) is 2. The van der Waals surface area contributed by atoms with Crippen LogP contribution in [-0.2, 0) is 19.1 Å². The quantitative estimate of drug-likeness (QED) is 0.624. The van der Waals surface area contributed by atoms with Crippen molar-refractivity contribution >= 4 is 11.6 Å². The molecule has 2 atom stereocenters.